The van der Waals surface area contributed by atoms with Crippen molar-refractivity contribution in [2.75, 3.05) is 13.4 Å². The molecule has 0 radical (unpaired) electrons. The molecule has 0 amide bonds. The van der Waals surface area contributed by atoms with Gasteiger partial charge in [0.05, 0.1) is 6.61 Å². The molecule has 2 rings (SSSR count). The predicted molar refractivity (Wildman–Crippen MR) is 68.2 cm³/mol. The van der Waals surface area contributed by atoms with Gasteiger partial charge >= 0.3 is 0 Å². The van der Waals surface area contributed by atoms with Crippen molar-refractivity contribution < 1.29 is 9.47 Å². The van der Waals surface area contributed by atoms with Gasteiger partial charge in [-0.15, -0.1) is 0 Å². The van der Waals surface area contributed by atoms with Crippen LogP contribution in [0, 0.1) is 5.92 Å². The maximum Gasteiger partial charge on any atom is 0.189 e. The highest BCUT2D eigenvalue weighted by Gasteiger charge is 2.21. The minimum absolute atomic E-state index is 0.105. The van der Waals surface area contributed by atoms with E-state index in [9.17, 15) is 0 Å². The Labute approximate surface area is 107 Å². The lowest BCUT2D eigenvalue weighted by atomic mass is 10.1. The Kier molecular flexibility index (Phi) is 4.26. The van der Waals surface area contributed by atoms with E-state index in [2.05, 4.69) is 0 Å². The van der Waals surface area contributed by atoms with Gasteiger partial charge < -0.3 is 15.2 Å². The summed E-state index contributed by atoms with van der Waals surface area (Å²) < 4.78 is 11.0. The number of nitrogens with two attached hydrogens (primary N) is 1. The SMILES string of the molecule is CC(N)c1cc(Cl)ccc1OCOCC1CC1. The van der Waals surface area contributed by atoms with Crippen LogP contribution in [0.15, 0.2) is 18.2 Å². The molecule has 17 heavy (non-hydrogen) atoms. The van der Waals surface area contributed by atoms with E-state index < -0.39 is 0 Å². The van der Waals surface area contributed by atoms with Crippen LogP contribution in [0.25, 0.3) is 0 Å². The second-order valence-electron chi connectivity index (χ2n) is 4.55. The van der Waals surface area contributed by atoms with Crippen molar-refractivity contribution in [1.29, 1.82) is 0 Å². The van der Waals surface area contributed by atoms with Gasteiger partial charge in [0.1, 0.15) is 5.75 Å². The van der Waals surface area contributed by atoms with Gasteiger partial charge in [0.2, 0.25) is 0 Å². The number of hydrogen-bond donors (Lipinski definition) is 1. The first kappa shape index (κ1) is 12.7. The summed E-state index contributed by atoms with van der Waals surface area (Å²) in [5.41, 5.74) is 6.78. The summed E-state index contributed by atoms with van der Waals surface area (Å²) >= 11 is 5.93. The minimum atomic E-state index is -0.105. The number of rotatable bonds is 6. The van der Waals surface area contributed by atoms with E-state index in [0.29, 0.717) is 5.02 Å². The zero-order valence-corrected chi connectivity index (χ0v) is 10.7. The maximum atomic E-state index is 5.93. The van der Waals surface area contributed by atoms with Gasteiger partial charge in [0, 0.05) is 16.6 Å². The molecule has 0 aromatic heterocycles. The lowest BCUT2D eigenvalue weighted by Crippen LogP contribution is -2.10. The summed E-state index contributed by atoms with van der Waals surface area (Å²) in [6.45, 7) is 2.97. The van der Waals surface area contributed by atoms with E-state index >= 15 is 0 Å². The van der Waals surface area contributed by atoms with E-state index in [1.807, 2.05) is 19.1 Å². The van der Waals surface area contributed by atoms with Crippen LogP contribution in [0.1, 0.15) is 31.4 Å². The molecule has 0 bridgehead atoms. The summed E-state index contributed by atoms with van der Waals surface area (Å²) in [7, 11) is 0. The molecule has 0 aliphatic heterocycles. The molecule has 1 atom stereocenters. The Hall–Kier alpha value is -0.770. The number of hydrogen-bond acceptors (Lipinski definition) is 3. The van der Waals surface area contributed by atoms with Crippen LogP contribution in [0.3, 0.4) is 0 Å². The highest BCUT2D eigenvalue weighted by atomic mass is 35.5. The average Bonchev–Trinajstić information content (AvgIpc) is 3.09. The zero-order chi connectivity index (χ0) is 12.3. The molecule has 2 N–H and O–H groups in total. The van der Waals surface area contributed by atoms with Gasteiger partial charge in [0.25, 0.3) is 0 Å². The topological polar surface area (TPSA) is 44.5 Å². The van der Waals surface area contributed by atoms with Gasteiger partial charge in [-0.25, -0.2) is 0 Å². The summed E-state index contributed by atoms with van der Waals surface area (Å²) in [4.78, 5) is 0. The standard InChI is InChI=1S/C13H18ClNO2/c1-9(15)12-6-11(14)4-5-13(12)17-8-16-7-10-2-3-10/h4-6,9-10H,2-3,7-8,15H2,1H3. The molecule has 3 nitrogen and oxygen atoms in total. The molecule has 1 aromatic rings. The fourth-order valence-electron chi connectivity index (χ4n) is 1.61. The third-order valence-electron chi connectivity index (χ3n) is 2.81. The van der Waals surface area contributed by atoms with Crippen molar-refractivity contribution in [2.45, 2.75) is 25.8 Å². The monoisotopic (exact) mass is 255 g/mol. The quantitative estimate of drug-likeness (QED) is 0.627. The number of halogens is 1. The van der Waals surface area contributed by atoms with Gasteiger partial charge in [-0.2, -0.15) is 0 Å². The van der Waals surface area contributed by atoms with E-state index in [1.165, 1.54) is 12.8 Å². The molecule has 0 spiro atoms. The molecule has 1 aliphatic carbocycles. The summed E-state index contributed by atoms with van der Waals surface area (Å²) in [6.07, 6.45) is 2.57. The molecule has 1 fully saturated rings. The summed E-state index contributed by atoms with van der Waals surface area (Å²) in [6, 6.07) is 5.36. The van der Waals surface area contributed by atoms with Crippen LogP contribution in [-0.4, -0.2) is 13.4 Å². The third kappa shape index (κ3) is 3.87. The Morgan fingerprint density at radius 3 is 2.88 bits per heavy atom. The van der Waals surface area contributed by atoms with Crippen molar-refractivity contribution in [3.05, 3.63) is 28.8 Å². The van der Waals surface area contributed by atoms with E-state index in [1.54, 1.807) is 6.07 Å². The molecule has 4 heteroatoms. The largest absolute Gasteiger partial charge is 0.467 e. The fraction of sp³-hybridized carbons (Fsp3) is 0.538. The molecule has 1 unspecified atom stereocenters. The van der Waals surface area contributed by atoms with Crippen molar-refractivity contribution in [3.8, 4) is 5.75 Å². The van der Waals surface area contributed by atoms with Gasteiger partial charge in [-0.05, 0) is 43.9 Å². The molecule has 1 aliphatic rings. The number of ether oxygens (including phenoxy) is 2. The van der Waals surface area contributed by atoms with E-state index in [0.717, 1.165) is 23.8 Å². The van der Waals surface area contributed by atoms with Crippen molar-refractivity contribution in [3.63, 3.8) is 0 Å². The smallest absolute Gasteiger partial charge is 0.189 e. The lowest BCUT2D eigenvalue weighted by molar-refractivity contribution is 0.00934. The Morgan fingerprint density at radius 1 is 1.47 bits per heavy atom. The first-order valence-corrected chi connectivity index (χ1v) is 6.30. The molecule has 0 saturated heterocycles. The molecule has 1 saturated carbocycles. The minimum Gasteiger partial charge on any atom is -0.467 e. The van der Waals surface area contributed by atoms with Crippen molar-refractivity contribution in [2.24, 2.45) is 11.7 Å². The van der Waals surface area contributed by atoms with Crippen molar-refractivity contribution in [1.82, 2.24) is 0 Å². The van der Waals surface area contributed by atoms with Crippen LogP contribution in [0.5, 0.6) is 5.75 Å². The normalized spacial score (nSPS) is 16.9. The van der Waals surface area contributed by atoms with E-state index in [4.69, 9.17) is 26.8 Å². The average molecular weight is 256 g/mol. The highest BCUT2D eigenvalue weighted by molar-refractivity contribution is 6.30. The molecule has 94 valence electrons. The van der Waals surface area contributed by atoms with Gasteiger partial charge in [-0.1, -0.05) is 11.6 Å². The Morgan fingerprint density at radius 2 is 2.24 bits per heavy atom. The van der Waals surface area contributed by atoms with Gasteiger partial charge in [0.15, 0.2) is 6.79 Å². The number of benzene rings is 1. The first-order chi connectivity index (χ1) is 8.16. The van der Waals surface area contributed by atoms with Crippen LogP contribution in [0.4, 0.5) is 0 Å². The van der Waals surface area contributed by atoms with Crippen molar-refractivity contribution >= 4 is 11.6 Å². The zero-order valence-electron chi connectivity index (χ0n) is 9.99. The third-order valence-corrected chi connectivity index (χ3v) is 3.05. The van der Waals surface area contributed by atoms with E-state index in [-0.39, 0.29) is 12.8 Å². The first-order valence-electron chi connectivity index (χ1n) is 5.92. The van der Waals surface area contributed by atoms with Crippen LogP contribution < -0.4 is 10.5 Å². The summed E-state index contributed by atoms with van der Waals surface area (Å²) in [5.74, 6) is 1.50. The molecular weight excluding hydrogens is 238 g/mol. The van der Waals surface area contributed by atoms with Crippen LogP contribution >= 0.6 is 11.6 Å². The molecular formula is C13H18ClNO2. The fourth-order valence-corrected chi connectivity index (χ4v) is 1.79. The predicted octanol–water partition coefficient (Wildman–Crippen LogP) is 3.12. The Balaban J connectivity index is 1.89. The maximum absolute atomic E-state index is 5.93. The molecule has 0 heterocycles. The lowest BCUT2D eigenvalue weighted by Gasteiger charge is -2.14. The van der Waals surface area contributed by atoms with Crippen LogP contribution in [-0.2, 0) is 4.74 Å². The van der Waals surface area contributed by atoms with Crippen LogP contribution in [0.2, 0.25) is 5.02 Å². The second kappa shape index (κ2) is 5.71. The Bertz CT molecular complexity index is 378. The second-order valence-corrected chi connectivity index (χ2v) is 4.98. The highest BCUT2D eigenvalue weighted by Crippen LogP contribution is 2.29. The van der Waals surface area contributed by atoms with Gasteiger partial charge in [-0.3, -0.25) is 0 Å². The molecule has 1 aromatic carbocycles. The summed E-state index contributed by atoms with van der Waals surface area (Å²) in [5, 5.41) is 0.670.